The Bertz CT molecular complexity index is 1320. The van der Waals surface area contributed by atoms with Crippen molar-refractivity contribution in [2.75, 3.05) is 19.9 Å². The summed E-state index contributed by atoms with van der Waals surface area (Å²) in [7, 11) is 0. The second kappa shape index (κ2) is 10.4. The summed E-state index contributed by atoms with van der Waals surface area (Å²) in [6.45, 7) is 11.4. The zero-order chi connectivity index (χ0) is 27.0. The van der Waals surface area contributed by atoms with Crippen LogP contribution in [0.4, 0.5) is 0 Å². The highest BCUT2D eigenvalue weighted by molar-refractivity contribution is 7.10. The van der Waals surface area contributed by atoms with Gasteiger partial charge in [-0.05, 0) is 71.5 Å². The molecule has 2 aliphatic rings. The second-order valence-electron chi connectivity index (χ2n) is 11.2. The minimum atomic E-state index is -0.176. The largest absolute Gasteiger partial charge is 0.454 e. The number of hydrogen-bond donors (Lipinski definition) is 0. The van der Waals surface area contributed by atoms with Gasteiger partial charge in [-0.1, -0.05) is 52.0 Å². The molecule has 3 aromatic rings. The summed E-state index contributed by atoms with van der Waals surface area (Å²) in [4.78, 5) is 32.6. The van der Waals surface area contributed by atoms with Crippen molar-refractivity contribution in [3.63, 3.8) is 0 Å². The van der Waals surface area contributed by atoms with Gasteiger partial charge in [0, 0.05) is 23.0 Å². The van der Waals surface area contributed by atoms with Crippen LogP contribution in [-0.4, -0.2) is 47.5 Å². The van der Waals surface area contributed by atoms with Crippen molar-refractivity contribution < 1.29 is 19.1 Å². The van der Waals surface area contributed by atoms with Gasteiger partial charge in [0.1, 0.15) is 6.54 Å². The van der Waals surface area contributed by atoms with Crippen LogP contribution in [0.2, 0.25) is 0 Å². The molecule has 2 aromatic carbocycles. The van der Waals surface area contributed by atoms with Gasteiger partial charge < -0.3 is 19.3 Å². The highest BCUT2D eigenvalue weighted by Gasteiger charge is 2.35. The molecule has 2 aliphatic heterocycles. The SMILES string of the molecule is CCC(C)N(CC(=O)N1CCc2sccc2C1c1ccc(C(C)(C)C)cc1)C(=O)c1ccc2c(c1)OCO2. The Morgan fingerprint density at radius 3 is 2.53 bits per heavy atom. The lowest BCUT2D eigenvalue weighted by Crippen LogP contribution is -2.49. The lowest BCUT2D eigenvalue weighted by atomic mass is 9.85. The molecule has 0 fully saturated rings. The van der Waals surface area contributed by atoms with Gasteiger partial charge in [-0.3, -0.25) is 9.59 Å². The maximum atomic E-state index is 14.0. The molecule has 3 heterocycles. The van der Waals surface area contributed by atoms with E-state index in [-0.39, 0.29) is 42.7 Å². The Labute approximate surface area is 229 Å². The first-order chi connectivity index (χ1) is 18.2. The number of nitrogens with zero attached hydrogens (tertiary/aromatic N) is 2. The third kappa shape index (κ3) is 5.04. The number of hydrogen-bond acceptors (Lipinski definition) is 5. The Hall–Kier alpha value is -3.32. The smallest absolute Gasteiger partial charge is 0.254 e. The first-order valence-electron chi connectivity index (χ1n) is 13.3. The summed E-state index contributed by atoms with van der Waals surface area (Å²) in [6, 6.07) is 15.8. The maximum absolute atomic E-state index is 14.0. The van der Waals surface area contributed by atoms with Crippen molar-refractivity contribution in [2.45, 2.75) is 65.0 Å². The molecule has 0 saturated carbocycles. The number of benzene rings is 2. The van der Waals surface area contributed by atoms with Crippen molar-refractivity contribution in [3.8, 4) is 11.5 Å². The number of fused-ring (bicyclic) bond motifs is 2. The summed E-state index contributed by atoms with van der Waals surface area (Å²) < 4.78 is 10.9. The van der Waals surface area contributed by atoms with E-state index in [4.69, 9.17) is 9.47 Å². The molecule has 0 saturated heterocycles. The van der Waals surface area contributed by atoms with Crippen LogP contribution in [0.5, 0.6) is 11.5 Å². The molecule has 0 aliphatic carbocycles. The lowest BCUT2D eigenvalue weighted by molar-refractivity contribution is -0.134. The fourth-order valence-electron chi connectivity index (χ4n) is 5.19. The molecule has 0 radical (unpaired) electrons. The molecule has 2 atom stereocenters. The van der Waals surface area contributed by atoms with E-state index in [1.54, 1.807) is 34.4 Å². The molecular weight excluding hydrogens is 496 g/mol. The molecule has 2 amide bonds. The topological polar surface area (TPSA) is 59.1 Å². The van der Waals surface area contributed by atoms with E-state index in [1.807, 2.05) is 18.7 Å². The third-order valence-electron chi connectivity index (χ3n) is 7.69. The Kier molecular flexibility index (Phi) is 7.23. The summed E-state index contributed by atoms with van der Waals surface area (Å²) in [6.07, 6.45) is 1.57. The van der Waals surface area contributed by atoms with Crippen LogP contribution in [0.15, 0.2) is 53.9 Å². The fourth-order valence-corrected chi connectivity index (χ4v) is 6.09. The van der Waals surface area contributed by atoms with E-state index >= 15 is 0 Å². The average molecular weight is 533 g/mol. The molecule has 6 nitrogen and oxygen atoms in total. The quantitative estimate of drug-likeness (QED) is 0.380. The summed E-state index contributed by atoms with van der Waals surface area (Å²) in [5, 5.41) is 2.11. The van der Waals surface area contributed by atoms with Crippen molar-refractivity contribution in [1.29, 1.82) is 0 Å². The van der Waals surface area contributed by atoms with Gasteiger partial charge in [0.25, 0.3) is 5.91 Å². The van der Waals surface area contributed by atoms with Crippen LogP contribution in [0.1, 0.15) is 79.0 Å². The molecule has 2 unspecified atom stereocenters. The molecular formula is C31H36N2O4S. The van der Waals surface area contributed by atoms with Crippen LogP contribution in [0.3, 0.4) is 0 Å². The fraction of sp³-hybridized carbons (Fsp3) is 0.419. The number of carbonyl (C=O) groups excluding carboxylic acids is 2. The zero-order valence-electron chi connectivity index (χ0n) is 22.8. The minimum Gasteiger partial charge on any atom is -0.454 e. The van der Waals surface area contributed by atoms with E-state index in [1.165, 1.54) is 16.0 Å². The van der Waals surface area contributed by atoms with Gasteiger partial charge in [-0.25, -0.2) is 0 Å². The van der Waals surface area contributed by atoms with Crippen molar-refractivity contribution in [3.05, 3.63) is 81.0 Å². The molecule has 5 rings (SSSR count). The van der Waals surface area contributed by atoms with Gasteiger partial charge >= 0.3 is 0 Å². The van der Waals surface area contributed by atoms with Gasteiger partial charge in [0.05, 0.1) is 6.04 Å². The molecule has 38 heavy (non-hydrogen) atoms. The molecule has 200 valence electrons. The van der Waals surface area contributed by atoms with Crippen LogP contribution in [0.25, 0.3) is 0 Å². The molecule has 7 heteroatoms. The first-order valence-corrected chi connectivity index (χ1v) is 14.2. The van der Waals surface area contributed by atoms with E-state index in [9.17, 15) is 9.59 Å². The monoisotopic (exact) mass is 532 g/mol. The van der Waals surface area contributed by atoms with Gasteiger partial charge in [-0.2, -0.15) is 0 Å². The van der Waals surface area contributed by atoms with E-state index in [2.05, 4.69) is 56.5 Å². The molecule has 0 spiro atoms. The van der Waals surface area contributed by atoms with Crippen molar-refractivity contribution >= 4 is 23.2 Å². The highest BCUT2D eigenvalue weighted by Crippen LogP contribution is 2.39. The molecule has 0 N–H and O–H groups in total. The molecule has 1 aromatic heterocycles. The second-order valence-corrected chi connectivity index (χ2v) is 12.2. The minimum absolute atomic E-state index is 0.0261. The van der Waals surface area contributed by atoms with Crippen LogP contribution < -0.4 is 9.47 Å². The zero-order valence-corrected chi connectivity index (χ0v) is 23.6. The van der Waals surface area contributed by atoms with Gasteiger partial charge in [-0.15, -0.1) is 11.3 Å². The van der Waals surface area contributed by atoms with Crippen molar-refractivity contribution in [2.24, 2.45) is 0 Å². The Balaban J connectivity index is 1.43. The van der Waals surface area contributed by atoms with Gasteiger partial charge in [0.15, 0.2) is 11.5 Å². The van der Waals surface area contributed by atoms with Crippen LogP contribution in [-0.2, 0) is 16.6 Å². The van der Waals surface area contributed by atoms with E-state index in [0.717, 1.165) is 18.4 Å². The number of thiophene rings is 1. The third-order valence-corrected chi connectivity index (χ3v) is 8.68. The van der Waals surface area contributed by atoms with Gasteiger partial charge in [0.2, 0.25) is 12.7 Å². The summed E-state index contributed by atoms with van der Waals surface area (Å²) >= 11 is 1.75. The highest BCUT2D eigenvalue weighted by atomic mass is 32.1. The predicted octanol–water partition coefficient (Wildman–Crippen LogP) is 6.19. The Morgan fingerprint density at radius 2 is 1.82 bits per heavy atom. The summed E-state index contributed by atoms with van der Waals surface area (Å²) in [5.74, 6) is 0.977. The maximum Gasteiger partial charge on any atom is 0.254 e. The number of ether oxygens (including phenoxy) is 2. The predicted molar refractivity (Wildman–Crippen MR) is 150 cm³/mol. The standard InChI is InChI=1S/C31H36N2O4S/c1-6-20(2)33(30(35)22-9-12-25-26(17-22)37-19-36-25)18-28(34)32-15-13-27-24(14-16-38-27)29(32)21-7-10-23(11-8-21)31(3,4)5/h7-12,14,16-17,20,29H,6,13,15,18-19H2,1-5H3. The van der Waals surface area contributed by atoms with E-state index in [0.29, 0.717) is 23.6 Å². The average Bonchev–Trinajstić information content (AvgIpc) is 3.59. The van der Waals surface area contributed by atoms with Crippen molar-refractivity contribution in [1.82, 2.24) is 9.80 Å². The van der Waals surface area contributed by atoms with Crippen LogP contribution in [0, 0.1) is 0 Å². The molecule has 0 bridgehead atoms. The number of amides is 2. The number of carbonyl (C=O) groups is 2. The summed E-state index contributed by atoms with van der Waals surface area (Å²) in [5.41, 5.74) is 4.10. The van der Waals surface area contributed by atoms with E-state index < -0.39 is 0 Å². The lowest BCUT2D eigenvalue weighted by Gasteiger charge is -2.38. The Morgan fingerprint density at radius 1 is 1.08 bits per heavy atom. The normalized spacial score (nSPS) is 17.2. The first kappa shape index (κ1) is 26.3. The number of rotatable bonds is 6. The van der Waals surface area contributed by atoms with Crippen LogP contribution >= 0.6 is 11.3 Å².